The molecule has 0 unspecified atom stereocenters. The van der Waals surface area contributed by atoms with E-state index in [0.29, 0.717) is 17.0 Å². The van der Waals surface area contributed by atoms with Gasteiger partial charge in [-0.15, -0.1) is 0 Å². The molecule has 0 amide bonds. The fourth-order valence-electron chi connectivity index (χ4n) is 2.21. The van der Waals surface area contributed by atoms with Gasteiger partial charge in [-0.2, -0.15) is 0 Å². The average Bonchev–Trinajstić information content (AvgIpc) is 2.99. The van der Waals surface area contributed by atoms with Crippen LogP contribution in [0.5, 0.6) is 5.75 Å². The average molecular weight is 327 g/mol. The third-order valence-corrected chi connectivity index (χ3v) is 3.65. The minimum Gasteiger partial charge on any atom is -0.497 e. The van der Waals surface area contributed by atoms with Crippen LogP contribution in [-0.4, -0.2) is 43.2 Å². The van der Waals surface area contributed by atoms with Crippen LogP contribution in [0.1, 0.15) is 13.8 Å². The van der Waals surface area contributed by atoms with Gasteiger partial charge in [0.15, 0.2) is 17.0 Å². The Morgan fingerprint density at radius 3 is 2.54 bits per heavy atom. The van der Waals surface area contributed by atoms with Gasteiger partial charge in [0.1, 0.15) is 23.9 Å². The Bertz CT molecular complexity index is 886. The van der Waals surface area contributed by atoms with Gasteiger partial charge in [0.2, 0.25) is 0 Å². The van der Waals surface area contributed by atoms with Gasteiger partial charge in [-0.25, -0.2) is 19.7 Å². The van der Waals surface area contributed by atoms with E-state index in [-0.39, 0.29) is 0 Å². The number of hydrogen-bond donors (Lipinski definition) is 2. The number of aliphatic carboxylic acids is 1. The first-order valence-corrected chi connectivity index (χ1v) is 7.26. The minimum atomic E-state index is -1.18. The van der Waals surface area contributed by atoms with Crippen molar-refractivity contribution < 1.29 is 14.6 Å². The van der Waals surface area contributed by atoms with E-state index in [1.807, 2.05) is 24.3 Å². The van der Waals surface area contributed by atoms with Crippen molar-refractivity contribution in [2.75, 3.05) is 12.4 Å². The summed E-state index contributed by atoms with van der Waals surface area (Å²) in [7, 11) is 1.61. The Labute approximate surface area is 138 Å². The fraction of sp³-hybridized carbons (Fsp3) is 0.250. The van der Waals surface area contributed by atoms with Gasteiger partial charge in [-0.1, -0.05) is 0 Å². The summed E-state index contributed by atoms with van der Waals surface area (Å²) in [5.74, 6) is 0.145. The largest absolute Gasteiger partial charge is 0.497 e. The van der Waals surface area contributed by atoms with Crippen LogP contribution in [0.25, 0.3) is 16.9 Å². The van der Waals surface area contributed by atoms with Crippen molar-refractivity contribution in [1.82, 2.24) is 19.5 Å². The molecule has 0 aliphatic heterocycles. The zero-order valence-corrected chi connectivity index (χ0v) is 13.5. The number of hydrogen-bond acceptors (Lipinski definition) is 6. The number of carbonyl (C=O) groups is 1. The number of fused-ring (bicyclic) bond motifs is 1. The standard InChI is InChI=1S/C16H17N5O3/c1-16(2,15(22)23)20-13-12-14(18-8-17-13)21(9-19-12)10-4-6-11(24-3)7-5-10/h4-9H,1-3H3,(H,22,23)(H,17,18,20). The van der Waals surface area contributed by atoms with Crippen LogP contribution in [0, 0.1) is 0 Å². The number of aromatic nitrogens is 4. The molecule has 1 aromatic carbocycles. The third-order valence-electron chi connectivity index (χ3n) is 3.65. The monoisotopic (exact) mass is 327 g/mol. The summed E-state index contributed by atoms with van der Waals surface area (Å²) in [6, 6.07) is 7.46. The lowest BCUT2D eigenvalue weighted by Crippen LogP contribution is -2.40. The second kappa shape index (κ2) is 5.80. The minimum absolute atomic E-state index is 0.375. The molecule has 0 aliphatic rings. The molecule has 8 nitrogen and oxygen atoms in total. The predicted octanol–water partition coefficient (Wildman–Crippen LogP) is 2.10. The Balaban J connectivity index is 2.04. The molecule has 24 heavy (non-hydrogen) atoms. The number of carboxylic acids is 1. The highest BCUT2D eigenvalue weighted by Crippen LogP contribution is 2.24. The number of carboxylic acid groups (broad SMARTS) is 1. The molecular weight excluding hydrogens is 310 g/mol. The molecule has 0 saturated heterocycles. The molecule has 0 spiro atoms. The van der Waals surface area contributed by atoms with Crippen molar-refractivity contribution >= 4 is 23.0 Å². The molecule has 0 saturated carbocycles. The van der Waals surface area contributed by atoms with Crippen molar-refractivity contribution in [1.29, 1.82) is 0 Å². The molecule has 124 valence electrons. The van der Waals surface area contributed by atoms with E-state index in [1.54, 1.807) is 31.9 Å². The normalized spacial score (nSPS) is 11.5. The van der Waals surface area contributed by atoms with Crippen molar-refractivity contribution in [2.45, 2.75) is 19.4 Å². The number of methoxy groups -OCH3 is 1. The molecule has 0 aliphatic carbocycles. The van der Waals surface area contributed by atoms with Gasteiger partial charge in [0, 0.05) is 5.69 Å². The molecule has 0 fully saturated rings. The topological polar surface area (TPSA) is 102 Å². The Hall–Kier alpha value is -3.16. The molecule has 0 bridgehead atoms. The van der Waals surface area contributed by atoms with Gasteiger partial charge in [0.05, 0.1) is 7.11 Å². The summed E-state index contributed by atoms with van der Waals surface area (Å²) in [6.45, 7) is 3.12. The van der Waals surface area contributed by atoms with E-state index in [4.69, 9.17) is 4.74 Å². The van der Waals surface area contributed by atoms with E-state index in [1.165, 1.54) is 6.33 Å². The summed E-state index contributed by atoms with van der Waals surface area (Å²) in [4.78, 5) is 24.0. The number of nitrogens with zero attached hydrogens (tertiary/aromatic N) is 4. The van der Waals surface area contributed by atoms with E-state index in [9.17, 15) is 9.90 Å². The first-order chi connectivity index (χ1) is 11.4. The van der Waals surface area contributed by atoms with Crippen LogP contribution < -0.4 is 10.1 Å². The maximum atomic E-state index is 11.3. The van der Waals surface area contributed by atoms with Gasteiger partial charge in [-0.3, -0.25) is 4.57 Å². The maximum Gasteiger partial charge on any atom is 0.328 e. The van der Waals surface area contributed by atoms with Gasteiger partial charge in [-0.05, 0) is 38.1 Å². The van der Waals surface area contributed by atoms with Crippen LogP contribution in [0.3, 0.4) is 0 Å². The molecule has 0 atom stereocenters. The zero-order valence-electron chi connectivity index (χ0n) is 13.5. The number of imidazole rings is 1. The third kappa shape index (κ3) is 2.73. The molecular formula is C16H17N5O3. The van der Waals surface area contributed by atoms with Crippen LogP contribution in [0.15, 0.2) is 36.9 Å². The number of nitrogens with one attached hydrogen (secondary N) is 1. The van der Waals surface area contributed by atoms with E-state index in [2.05, 4.69) is 20.3 Å². The SMILES string of the molecule is COc1ccc(-n2cnc3c(NC(C)(C)C(=O)O)ncnc32)cc1. The summed E-state index contributed by atoms with van der Waals surface area (Å²) in [6.07, 6.45) is 3.00. The molecule has 3 rings (SSSR count). The highest BCUT2D eigenvalue weighted by atomic mass is 16.5. The lowest BCUT2D eigenvalue weighted by atomic mass is 10.1. The molecule has 8 heteroatoms. The van der Waals surface area contributed by atoms with E-state index < -0.39 is 11.5 Å². The summed E-state index contributed by atoms with van der Waals surface area (Å²) in [5.41, 5.74) is 0.771. The molecule has 2 aromatic heterocycles. The van der Waals surface area contributed by atoms with E-state index in [0.717, 1.165) is 11.4 Å². The smallest absolute Gasteiger partial charge is 0.328 e. The Kier molecular flexibility index (Phi) is 3.80. The first kappa shape index (κ1) is 15.7. The van der Waals surface area contributed by atoms with Crippen LogP contribution in [0.2, 0.25) is 0 Å². The highest BCUT2D eigenvalue weighted by Gasteiger charge is 2.28. The number of anilines is 1. The summed E-state index contributed by atoms with van der Waals surface area (Å²) < 4.78 is 6.96. The Morgan fingerprint density at radius 1 is 1.21 bits per heavy atom. The van der Waals surface area contributed by atoms with E-state index >= 15 is 0 Å². The first-order valence-electron chi connectivity index (χ1n) is 7.26. The zero-order chi connectivity index (χ0) is 17.3. The number of rotatable bonds is 5. The lowest BCUT2D eigenvalue weighted by molar-refractivity contribution is -0.141. The fourth-order valence-corrected chi connectivity index (χ4v) is 2.21. The predicted molar refractivity (Wildman–Crippen MR) is 88.5 cm³/mol. The highest BCUT2D eigenvalue weighted by molar-refractivity contribution is 5.88. The van der Waals surface area contributed by atoms with Gasteiger partial charge >= 0.3 is 5.97 Å². The maximum absolute atomic E-state index is 11.3. The van der Waals surface area contributed by atoms with Crippen LogP contribution in [0.4, 0.5) is 5.82 Å². The molecule has 0 radical (unpaired) electrons. The van der Waals surface area contributed by atoms with Crippen LogP contribution >= 0.6 is 0 Å². The summed E-state index contributed by atoms with van der Waals surface area (Å²) in [5, 5.41) is 12.2. The molecule has 3 aromatic rings. The summed E-state index contributed by atoms with van der Waals surface area (Å²) >= 11 is 0. The van der Waals surface area contributed by atoms with Crippen LogP contribution in [-0.2, 0) is 4.79 Å². The van der Waals surface area contributed by atoms with Gasteiger partial charge < -0.3 is 15.2 Å². The second-order valence-electron chi connectivity index (χ2n) is 5.76. The van der Waals surface area contributed by atoms with Crippen molar-refractivity contribution in [3.8, 4) is 11.4 Å². The Morgan fingerprint density at radius 2 is 1.92 bits per heavy atom. The molecule has 2 N–H and O–H groups in total. The quantitative estimate of drug-likeness (QED) is 0.739. The second-order valence-corrected chi connectivity index (χ2v) is 5.76. The van der Waals surface area contributed by atoms with Crippen molar-refractivity contribution in [3.05, 3.63) is 36.9 Å². The number of ether oxygens (including phenoxy) is 1. The number of benzene rings is 1. The van der Waals surface area contributed by atoms with Crippen molar-refractivity contribution in [3.63, 3.8) is 0 Å². The lowest BCUT2D eigenvalue weighted by Gasteiger charge is -2.21. The molecule has 2 heterocycles. The van der Waals surface area contributed by atoms with Crippen molar-refractivity contribution in [2.24, 2.45) is 0 Å². The van der Waals surface area contributed by atoms with Gasteiger partial charge in [0.25, 0.3) is 0 Å².